The Morgan fingerprint density at radius 3 is 2.73 bits per heavy atom. The summed E-state index contributed by atoms with van der Waals surface area (Å²) < 4.78 is 0. The number of rotatable bonds is 5. The van der Waals surface area contributed by atoms with Crippen molar-refractivity contribution in [1.82, 2.24) is 15.3 Å². The van der Waals surface area contributed by atoms with Crippen LogP contribution in [0, 0.1) is 6.92 Å². The summed E-state index contributed by atoms with van der Waals surface area (Å²) in [4.78, 5) is 30.9. The average Bonchev–Trinajstić information content (AvgIpc) is 2.52. The molecule has 2 rings (SSSR count). The van der Waals surface area contributed by atoms with Crippen LogP contribution < -0.4 is 10.9 Å². The fourth-order valence-corrected chi connectivity index (χ4v) is 2.38. The van der Waals surface area contributed by atoms with E-state index < -0.39 is 0 Å². The largest absolute Gasteiger partial charge is 0.344 e. The van der Waals surface area contributed by atoms with Crippen LogP contribution in [0.3, 0.4) is 0 Å². The fourth-order valence-electron chi connectivity index (χ4n) is 2.38. The van der Waals surface area contributed by atoms with Crippen molar-refractivity contribution in [3.05, 3.63) is 63.3 Å². The van der Waals surface area contributed by atoms with Crippen molar-refractivity contribution in [2.24, 2.45) is 0 Å². The number of hydrogen-bond acceptors (Lipinski definition) is 3. The lowest BCUT2D eigenvalue weighted by atomic mass is 10.1. The highest BCUT2D eigenvalue weighted by atomic mass is 16.2. The van der Waals surface area contributed by atoms with E-state index in [1.54, 1.807) is 12.3 Å². The van der Waals surface area contributed by atoms with E-state index in [0.29, 0.717) is 17.7 Å². The smallest absolute Gasteiger partial charge is 0.253 e. The molecule has 2 N–H and O–H groups in total. The first-order valence-electron chi connectivity index (χ1n) is 7.50. The maximum atomic E-state index is 12.5. The van der Waals surface area contributed by atoms with E-state index in [9.17, 15) is 9.59 Å². The molecule has 2 aromatic rings. The maximum Gasteiger partial charge on any atom is 0.253 e. The van der Waals surface area contributed by atoms with Gasteiger partial charge < -0.3 is 10.3 Å². The highest BCUT2D eigenvalue weighted by Crippen LogP contribution is 2.16. The first-order valence-corrected chi connectivity index (χ1v) is 7.50. The Morgan fingerprint density at radius 1 is 1.32 bits per heavy atom. The van der Waals surface area contributed by atoms with Gasteiger partial charge >= 0.3 is 0 Å². The third-order valence-electron chi connectivity index (χ3n) is 3.61. The number of aromatic amines is 1. The molecule has 1 amide bonds. The summed E-state index contributed by atoms with van der Waals surface area (Å²) in [7, 11) is 0. The predicted molar refractivity (Wildman–Crippen MR) is 85.9 cm³/mol. The highest BCUT2D eigenvalue weighted by molar-refractivity contribution is 5.95. The maximum absolute atomic E-state index is 12.5. The van der Waals surface area contributed by atoms with Gasteiger partial charge in [-0.15, -0.1) is 0 Å². The van der Waals surface area contributed by atoms with Gasteiger partial charge in [0.05, 0.1) is 17.3 Å². The number of aryl methyl sites for hydroxylation is 2. The second-order valence-corrected chi connectivity index (χ2v) is 5.26. The van der Waals surface area contributed by atoms with Gasteiger partial charge in [-0.25, -0.2) is 0 Å². The van der Waals surface area contributed by atoms with Crippen LogP contribution in [0.1, 0.15) is 53.6 Å². The van der Waals surface area contributed by atoms with Crippen LogP contribution in [0.15, 0.2) is 35.3 Å². The van der Waals surface area contributed by atoms with Crippen LogP contribution in [0.5, 0.6) is 0 Å². The number of nitrogens with zero attached hydrogens (tertiary/aromatic N) is 1. The standard InChI is InChI=1S/C17H21N3O2/c1-4-13-12(6-7-16(21)19-13)17(22)20-14(5-2)15-10-11(3)8-9-18-15/h6-10,14H,4-5H2,1-3H3,(H,19,21)(H,20,22). The lowest BCUT2D eigenvalue weighted by molar-refractivity contribution is 0.0933. The Bertz CT molecular complexity index is 722. The summed E-state index contributed by atoms with van der Waals surface area (Å²) in [5.74, 6) is -0.191. The zero-order valence-corrected chi connectivity index (χ0v) is 13.1. The molecule has 0 radical (unpaired) electrons. The summed E-state index contributed by atoms with van der Waals surface area (Å²) in [5.41, 5.74) is 2.92. The first-order chi connectivity index (χ1) is 10.5. The number of nitrogens with one attached hydrogen (secondary N) is 2. The zero-order valence-electron chi connectivity index (χ0n) is 13.1. The summed E-state index contributed by atoms with van der Waals surface area (Å²) in [5, 5.41) is 3.00. The molecule has 5 heteroatoms. The molecule has 116 valence electrons. The third-order valence-corrected chi connectivity index (χ3v) is 3.61. The summed E-state index contributed by atoms with van der Waals surface area (Å²) >= 11 is 0. The van der Waals surface area contributed by atoms with Crippen molar-refractivity contribution in [1.29, 1.82) is 0 Å². The topological polar surface area (TPSA) is 74.8 Å². The number of carbonyl (C=O) groups is 1. The van der Waals surface area contributed by atoms with E-state index in [1.165, 1.54) is 6.07 Å². The van der Waals surface area contributed by atoms with E-state index in [0.717, 1.165) is 17.7 Å². The van der Waals surface area contributed by atoms with Crippen LogP contribution in [0.25, 0.3) is 0 Å². The molecule has 0 saturated carbocycles. The van der Waals surface area contributed by atoms with Crippen LogP contribution in [-0.2, 0) is 6.42 Å². The molecule has 0 aromatic carbocycles. The normalized spacial score (nSPS) is 12.0. The molecule has 1 unspecified atom stereocenters. The van der Waals surface area contributed by atoms with Crippen molar-refractivity contribution in [2.45, 2.75) is 39.7 Å². The molecule has 0 fully saturated rings. The zero-order chi connectivity index (χ0) is 16.1. The van der Waals surface area contributed by atoms with Gasteiger partial charge in [0.15, 0.2) is 0 Å². The Morgan fingerprint density at radius 2 is 2.09 bits per heavy atom. The van der Waals surface area contributed by atoms with Crippen LogP contribution in [0.2, 0.25) is 0 Å². The van der Waals surface area contributed by atoms with Crippen molar-refractivity contribution < 1.29 is 4.79 Å². The molecule has 0 spiro atoms. The second kappa shape index (κ2) is 7.02. The predicted octanol–water partition coefficient (Wildman–Crippen LogP) is 2.52. The van der Waals surface area contributed by atoms with E-state index in [1.807, 2.05) is 32.9 Å². The van der Waals surface area contributed by atoms with Crippen LogP contribution in [0.4, 0.5) is 0 Å². The van der Waals surface area contributed by atoms with Crippen molar-refractivity contribution in [3.63, 3.8) is 0 Å². The van der Waals surface area contributed by atoms with E-state index in [4.69, 9.17) is 0 Å². The van der Waals surface area contributed by atoms with Crippen molar-refractivity contribution in [3.8, 4) is 0 Å². The molecular formula is C17H21N3O2. The molecule has 0 aliphatic rings. The average molecular weight is 299 g/mol. The lowest BCUT2D eigenvalue weighted by Crippen LogP contribution is -2.30. The number of carbonyl (C=O) groups excluding carboxylic acids is 1. The number of pyridine rings is 2. The monoisotopic (exact) mass is 299 g/mol. The van der Waals surface area contributed by atoms with Gasteiger partial charge in [0, 0.05) is 18.0 Å². The van der Waals surface area contributed by atoms with Gasteiger partial charge in [-0.2, -0.15) is 0 Å². The number of aromatic nitrogens is 2. The lowest BCUT2D eigenvalue weighted by Gasteiger charge is -2.18. The van der Waals surface area contributed by atoms with Gasteiger partial charge in [0.1, 0.15) is 0 Å². The number of H-pyrrole nitrogens is 1. The minimum Gasteiger partial charge on any atom is -0.344 e. The van der Waals surface area contributed by atoms with Gasteiger partial charge in [-0.3, -0.25) is 14.6 Å². The SMILES string of the molecule is CCc1[nH]c(=O)ccc1C(=O)NC(CC)c1cc(C)ccn1. The van der Waals surface area contributed by atoms with E-state index in [2.05, 4.69) is 15.3 Å². The van der Waals surface area contributed by atoms with Crippen LogP contribution >= 0.6 is 0 Å². The van der Waals surface area contributed by atoms with E-state index >= 15 is 0 Å². The quantitative estimate of drug-likeness (QED) is 0.891. The summed E-state index contributed by atoms with van der Waals surface area (Å²) in [6.45, 7) is 5.90. The van der Waals surface area contributed by atoms with Crippen molar-refractivity contribution in [2.75, 3.05) is 0 Å². The number of hydrogen-bond donors (Lipinski definition) is 2. The molecular weight excluding hydrogens is 278 g/mol. The second-order valence-electron chi connectivity index (χ2n) is 5.26. The van der Waals surface area contributed by atoms with Gasteiger partial charge in [-0.05, 0) is 43.5 Å². The molecule has 22 heavy (non-hydrogen) atoms. The molecule has 0 saturated heterocycles. The molecule has 0 aliphatic carbocycles. The van der Waals surface area contributed by atoms with Crippen LogP contribution in [-0.4, -0.2) is 15.9 Å². The Hall–Kier alpha value is -2.43. The molecule has 0 bridgehead atoms. The first kappa shape index (κ1) is 15.9. The molecule has 5 nitrogen and oxygen atoms in total. The minimum atomic E-state index is -0.194. The van der Waals surface area contributed by atoms with Gasteiger partial charge in [0.25, 0.3) is 5.91 Å². The molecule has 1 atom stereocenters. The summed E-state index contributed by atoms with van der Waals surface area (Å²) in [6, 6.07) is 6.70. The molecule has 0 aliphatic heterocycles. The third kappa shape index (κ3) is 3.61. The minimum absolute atomic E-state index is 0.149. The molecule has 2 heterocycles. The van der Waals surface area contributed by atoms with Gasteiger partial charge in [0.2, 0.25) is 5.56 Å². The Kier molecular flexibility index (Phi) is 5.09. The van der Waals surface area contributed by atoms with E-state index in [-0.39, 0.29) is 17.5 Å². The van der Waals surface area contributed by atoms with Crippen molar-refractivity contribution >= 4 is 5.91 Å². The highest BCUT2D eigenvalue weighted by Gasteiger charge is 2.17. The fraction of sp³-hybridized carbons (Fsp3) is 0.353. The molecule has 2 aromatic heterocycles. The summed E-state index contributed by atoms with van der Waals surface area (Å²) in [6.07, 6.45) is 3.09. The Balaban J connectivity index is 2.25. The Labute approximate surface area is 129 Å². The van der Waals surface area contributed by atoms with Gasteiger partial charge in [-0.1, -0.05) is 13.8 Å². The number of amides is 1.